The summed E-state index contributed by atoms with van der Waals surface area (Å²) in [5, 5.41) is -0.587. The number of rotatable bonds is 20. The van der Waals surface area contributed by atoms with Gasteiger partial charge in [-0.3, -0.25) is 4.48 Å². The first kappa shape index (κ1) is 28.8. The Kier molecular flexibility index (Phi) is 17.3. The lowest BCUT2D eigenvalue weighted by atomic mass is 9.99. The average molecular weight is 429 g/mol. The van der Waals surface area contributed by atoms with E-state index in [-0.39, 0.29) is 0 Å². The highest BCUT2D eigenvalue weighted by atomic mass is 31.1. The van der Waals surface area contributed by atoms with E-state index < -0.39 is 13.3 Å². The Morgan fingerprint density at radius 1 is 0.690 bits per heavy atom. The fourth-order valence-corrected chi connectivity index (χ4v) is 5.52. The molecule has 0 amide bonds. The zero-order valence-electron chi connectivity index (χ0n) is 20.4. The Hall–Kier alpha value is -0.240. The highest BCUT2D eigenvalue weighted by molar-refractivity contribution is 7.38. The number of quaternary nitrogens is 1. The number of hydrogen-bond donors (Lipinski definition) is 0. The van der Waals surface area contributed by atoms with Crippen LogP contribution in [0.15, 0.2) is 12.2 Å². The minimum atomic E-state index is -2.42. The first-order chi connectivity index (χ1) is 13.8. The molecule has 0 aliphatic heterocycles. The van der Waals surface area contributed by atoms with Gasteiger partial charge in [0.15, 0.2) is 0 Å². The molecule has 0 heterocycles. The van der Waals surface area contributed by atoms with Gasteiger partial charge in [0.2, 0.25) is 0 Å². The van der Waals surface area contributed by atoms with E-state index in [2.05, 4.69) is 26.0 Å². The zero-order valence-corrected chi connectivity index (χ0v) is 21.3. The number of allylic oxidation sites excluding steroid dienone is 2. The van der Waals surface area contributed by atoms with Crippen LogP contribution in [0.3, 0.4) is 0 Å². The third-order valence-corrected chi connectivity index (χ3v) is 8.04. The van der Waals surface area contributed by atoms with Gasteiger partial charge in [0.05, 0.1) is 21.1 Å². The van der Waals surface area contributed by atoms with Crippen molar-refractivity contribution in [3.8, 4) is 0 Å². The SMILES string of the molecule is CCCC=CCCCCCCCCCCCCCC(CCC)([P+](=O)[O-])[N+](C)(C)C. The van der Waals surface area contributed by atoms with Gasteiger partial charge in [-0.25, -0.2) is 0 Å². The molecule has 2 atom stereocenters. The van der Waals surface area contributed by atoms with Crippen molar-refractivity contribution in [1.29, 1.82) is 0 Å². The van der Waals surface area contributed by atoms with Crippen molar-refractivity contribution in [2.45, 2.75) is 128 Å². The fraction of sp³-hybridized carbons (Fsp3) is 0.920. The van der Waals surface area contributed by atoms with E-state index in [1.54, 1.807) is 0 Å². The maximum absolute atomic E-state index is 12.1. The van der Waals surface area contributed by atoms with Gasteiger partial charge in [0, 0.05) is 12.8 Å². The Balaban J connectivity index is 3.71. The standard InChI is InChI=1S/C25H51NO2P/c1-6-8-9-10-11-12-13-14-15-16-17-18-19-20-21-22-24-25(23-7-2,29(27)28)26(3,4)5/h9-10H,6-8,11-24H2,1-5H3/q+1. The van der Waals surface area contributed by atoms with Crippen molar-refractivity contribution < 1.29 is 13.9 Å². The molecule has 0 aromatic carbocycles. The van der Waals surface area contributed by atoms with Crippen molar-refractivity contribution in [3.63, 3.8) is 0 Å². The molecule has 0 radical (unpaired) electrons. The summed E-state index contributed by atoms with van der Waals surface area (Å²) in [6.07, 6.45) is 25.3. The monoisotopic (exact) mass is 428 g/mol. The van der Waals surface area contributed by atoms with Crippen LogP contribution >= 0.6 is 8.03 Å². The quantitative estimate of drug-likeness (QED) is 0.0861. The molecule has 29 heavy (non-hydrogen) atoms. The van der Waals surface area contributed by atoms with Gasteiger partial charge in [0.25, 0.3) is 5.28 Å². The van der Waals surface area contributed by atoms with Crippen LogP contribution in [0.5, 0.6) is 0 Å². The summed E-state index contributed by atoms with van der Waals surface area (Å²) in [7, 11) is 3.68. The van der Waals surface area contributed by atoms with Crippen LogP contribution in [0.2, 0.25) is 0 Å². The van der Waals surface area contributed by atoms with Gasteiger partial charge < -0.3 is 4.89 Å². The molecule has 0 aliphatic rings. The van der Waals surface area contributed by atoms with Gasteiger partial charge in [0.1, 0.15) is 0 Å². The maximum atomic E-state index is 12.1. The molecule has 0 rings (SSSR count). The summed E-state index contributed by atoms with van der Waals surface area (Å²) in [5.41, 5.74) is 0. The summed E-state index contributed by atoms with van der Waals surface area (Å²) in [6, 6.07) is 0. The molecule has 0 bridgehead atoms. The van der Waals surface area contributed by atoms with Gasteiger partial charge in [-0.1, -0.05) is 94.8 Å². The van der Waals surface area contributed by atoms with E-state index in [0.29, 0.717) is 4.48 Å². The summed E-state index contributed by atoms with van der Waals surface area (Å²) in [6.45, 7) is 4.32. The van der Waals surface area contributed by atoms with Gasteiger partial charge in [-0.15, -0.1) is 0 Å². The number of nitrogens with zero attached hydrogens (tertiary/aromatic N) is 1. The maximum Gasteiger partial charge on any atom is 0.376 e. The van der Waals surface area contributed by atoms with Crippen molar-refractivity contribution in [2.24, 2.45) is 0 Å². The van der Waals surface area contributed by atoms with E-state index in [9.17, 15) is 9.46 Å². The zero-order chi connectivity index (χ0) is 22.0. The average Bonchev–Trinajstić information content (AvgIpc) is 2.65. The Morgan fingerprint density at radius 2 is 1.14 bits per heavy atom. The predicted octanol–water partition coefficient (Wildman–Crippen LogP) is 7.72. The van der Waals surface area contributed by atoms with Crippen LogP contribution in [0, 0.1) is 0 Å². The Morgan fingerprint density at radius 3 is 1.55 bits per heavy atom. The molecule has 4 heteroatoms. The topological polar surface area (TPSA) is 40.1 Å². The molecule has 0 N–H and O–H groups in total. The van der Waals surface area contributed by atoms with Crippen LogP contribution in [0.4, 0.5) is 0 Å². The van der Waals surface area contributed by atoms with Crippen LogP contribution in [0.1, 0.15) is 123 Å². The fourth-order valence-electron chi connectivity index (χ4n) is 4.29. The highest BCUT2D eigenvalue weighted by Crippen LogP contribution is 2.45. The molecular formula is C25H51NO2P+. The van der Waals surface area contributed by atoms with Crippen molar-refractivity contribution >= 4 is 8.03 Å². The predicted molar refractivity (Wildman–Crippen MR) is 127 cm³/mol. The first-order valence-electron chi connectivity index (χ1n) is 12.4. The molecule has 0 fully saturated rings. The molecule has 0 aromatic heterocycles. The molecule has 0 aliphatic carbocycles. The molecule has 0 aromatic rings. The molecule has 2 unspecified atom stereocenters. The lowest BCUT2D eigenvalue weighted by Crippen LogP contribution is -2.55. The lowest BCUT2D eigenvalue weighted by molar-refractivity contribution is -0.910. The summed E-state index contributed by atoms with van der Waals surface area (Å²) >= 11 is 0. The van der Waals surface area contributed by atoms with Crippen molar-refractivity contribution in [1.82, 2.24) is 0 Å². The second kappa shape index (κ2) is 17.4. The lowest BCUT2D eigenvalue weighted by Gasteiger charge is -2.39. The van der Waals surface area contributed by atoms with E-state index in [0.717, 1.165) is 25.7 Å². The van der Waals surface area contributed by atoms with E-state index in [1.807, 2.05) is 21.1 Å². The normalized spacial score (nSPS) is 15.0. The molecular weight excluding hydrogens is 377 g/mol. The molecule has 172 valence electrons. The highest BCUT2D eigenvalue weighted by Gasteiger charge is 2.53. The second-order valence-electron chi connectivity index (χ2n) is 9.69. The number of hydrogen-bond acceptors (Lipinski definition) is 2. The largest absolute Gasteiger partial charge is 0.590 e. The van der Waals surface area contributed by atoms with Gasteiger partial charge in [-0.2, -0.15) is 0 Å². The van der Waals surface area contributed by atoms with E-state index >= 15 is 0 Å². The molecule has 3 nitrogen and oxygen atoms in total. The van der Waals surface area contributed by atoms with Crippen LogP contribution in [0.25, 0.3) is 0 Å². The van der Waals surface area contributed by atoms with Gasteiger partial charge in [-0.05, 0) is 32.1 Å². The minimum Gasteiger partial charge on any atom is -0.590 e. The second-order valence-corrected chi connectivity index (χ2v) is 11.0. The minimum absolute atomic E-state index is 0.522. The summed E-state index contributed by atoms with van der Waals surface area (Å²) < 4.78 is 12.6. The summed E-state index contributed by atoms with van der Waals surface area (Å²) in [5.74, 6) is 0. The number of unbranched alkanes of at least 4 members (excludes halogenated alkanes) is 12. The van der Waals surface area contributed by atoms with Crippen LogP contribution < -0.4 is 4.89 Å². The molecule has 0 saturated heterocycles. The van der Waals surface area contributed by atoms with Crippen LogP contribution in [-0.4, -0.2) is 30.9 Å². The van der Waals surface area contributed by atoms with E-state index in [4.69, 9.17) is 0 Å². The third kappa shape index (κ3) is 12.9. The van der Waals surface area contributed by atoms with Crippen LogP contribution in [-0.2, 0) is 4.57 Å². The third-order valence-electron chi connectivity index (χ3n) is 6.31. The van der Waals surface area contributed by atoms with Crippen molar-refractivity contribution in [2.75, 3.05) is 21.1 Å². The first-order valence-corrected chi connectivity index (χ1v) is 13.6. The molecule has 0 spiro atoms. The Bertz CT molecular complexity index is 431. The smallest absolute Gasteiger partial charge is 0.376 e. The summed E-state index contributed by atoms with van der Waals surface area (Å²) in [4.78, 5) is 12.1. The van der Waals surface area contributed by atoms with Crippen molar-refractivity contribution in [3.05, 3.63) is 12.2 Å². The Labute approximate surface area is 183 Å². The van der Waals surface area contributed by atoms with Gasteiger partial charge >= 0.3 is 8.03 Å². The molecule has 0 saturated carbocycles. The van der Waals surface area contributed by atoms with E-state index in [1.165, 1.54) is 83.5 Å².